The second-order valence-electron chi connectivity index (χ2n) is 6.89. The lowest BCUT2D eigenvalue weighted by Gasteiger charge is -2.18. The molecule has 29 heavy (non-hydrogen) atoms. The van der Waals surface area contributed by atoms with E-state index in [1.54, 1.807) is 7.05 Å². The molecule has 0 bridgehead atoms. The third-order valence-corrected chi connectivity index (χ3v) is 4.75. The Morgan fingerprint density at radius 1 is 1.21 bits per heavy atom. The molecular formula is C22H29IN4O2. The molecule has 156 valence electrons. The first kappa shape index (κ1) is 23.2. The smallest absolute Gasteiger partial charge is 0.253 e. The van der Waals surface area contributed by atoms with Crippen LogP contribution in [0.3, 0.4) is 0 Å². The van der Waals surface area contributed by atoms with E-state index in [9.17, 15) is 4.79 Å². The molecule has 1 aliphatic heterocycles. The van der Waals surface area contributed by atoms with Crippen LogP contribution in [0, 0.1) is 0 Å². The predicted molar refractivity (Wildman–Crippen MR) is 128 cm³/mol. The fraction of sp³-hybridized carbons (Fsp3) is 0.364. The average molecular weight is 508 g/mol. The van der Waals surface area contributed by atoms with Crippen LogP contribution in [0.4, 0.5) is 5.69 Å². The lowest BCUT2D eigenvalue weighted by molar-refractivity contribution is -0.124. The van der Waals surface area contributed by atoms with Crippen LogP contribution in [0.1, 0.15) is 36.9 Å². The lowest BCUT2D eigenvalue weighted by Crippen LogP contribution is -2.38. The molecule has 0 aliphatic carbocycles. The van der Waals surface area contributed by atoms with E-state index in [2.05, 4.69) is 40.0 Å². The number of nitrogens with one attached hydrogen (secondary N) is 3. The van der Waals surface area contributed by atoms with Gasteiger partial charge in [-0.15, -0.1) is 24.0 Å². The molecule has 0 aromatic heterocycles. The van der Waals surface area contributed by atoms with Crippen molar-refractivity contribution in [3.63, 3.8) is 0 Å². The van der Waals surface area contributed by atoms with Gasteiger partial charge in [0, 0.05) is 25.9 Å². The number of hydrogen-bond donors (Lipinski definition) is 3. The van der Waals surface area contributed by atoms with Gasteiger partial charge in [-0.3, -0.25) is 9.79 Å². The van der Waals surface area contributed by atoms with E-state index in [-0.39, 0.29) is 42.0 Å². The highest BCUT2D eigenvalue weighted by molar-refractivity contribution is 14.0. The van der Waals surface area contributed by atoms with Gasteiger partial charge in [0.1, 0.15) is 6.10 Å². The van der Waals surface area contributed by atoms with Crippen molar-refractivity contribution in [3.05, 3.63) is 65.7 Å². The molecule has 1 amide bonds. The van der Waals surface area contributed by atoms with Gasteiger partial charge in [-0.25, -0.2) is 0 Å². The SMILES string of the molecule is CN=C(NCc1cccc(NC(=O)C2CCCO2)c1)NC(C)c1ccccc1.I. The number of carbonyl (C=O) groups is 1. The number of rotatable bonds is 6. The number of guanidine groups is 1. The molecule has 3 N–H and O–H groups in total. The fourth-order valence-corrected chi connectivity index (χ4v) is 3.18. The Hall–Kier alpha value is -2.13. The van der Waals surface area contributed by atoms with E-state index in [1.807, 2.05) is 42.5 Å². The maximum atomic E-state index is 12.2. The molecule has 6 nitrogen and oxygen atoms in total. The lowest BCUT2D eigenvalue weighted by atomic mass is 10.1. The minimum atomic E-state index is -0.329. The Balaban J connectivity index is 0.00000300. The van der Waals surface area contributed by atoms with Crippen molar-refractivity contribution in [1.29, 1.82) is 0 Å². The maximum Gasteiger partial charge on any atom is 0.253 e. The van der Waals surface area contributed by atoms with E-state index in [0.29, 0.717) is 13.2 Å². The van der Waals surface area contributed by atoms with Crippen LogP contribution in [0.15, 0.2) is 59.6 Å². The number of anilines is 1. The topological polar surface area (TPSA) is 74.8 Å². The molecule has 2 aromatic carbocycles. The van der Waals surface area contributed by atoms with Crippen molar-refractivity contribution in [2.45, 2.75) is 38.5 Å². The molecule has 0 saturated carbocycles. The summed E-state index contributed by atoms with van der Waals surface area (Å²) in [7, 11) is 1.76. The minimum absolute atomic E-state index is 0. The van der Waals surface area contributed by atoms with Gasteiger partial charge in [0.25, 0.3) is 5.91 Å². The van der Waals surface area contributed by atoms with Crippen molar-refractivity contribution >= 4 is 41.5 Å². The number of nitrogens with zero attached hydrogens (tertiary/aromatic N) is 1. The number of aliphatic imine (C=N–C) groups is 1. The number of halogens is 1. The maximum absolute atomic E-state index is 12.2. The summed E-state index contributed by atoms with van der Waals surface area (Å²) >= 11 is 0. The molecule has 0 spiro atoms. The predicted octanol–water partition coefficient (Wildman–Crippen LogP) is 3.85. The molecule has 1 saturated heterocycles. The zero-order chi connectivity index (χ0) is 19.8. The molecular weight excluding hydrogens is 479 g/mol. The molecule has 1 fully saturated rings. The van der Waals surface area contributed by atoms with Crippen LogP contribution >= 0.6 is 24.0 Å². The summed E-state index contributed by atoms with van der Waals surface area (Å²) < 4.78 is 5.44. The van der Waals surface area contributed by atoms with Crippen molar-refractivity contribution in [2.24, 2.45) is 4.99 Å². The van der Waals surface area contributed by atoms with Crippen LogP contribution < -0.4 is 16.0 Å². The zero-order valence-electron chi connectivity index (χ0n) is 16.9. The first-order valence-corrected chi connectivity index (χ1v) is 9.69. The van der Waals surface area contributed by atoms with Crippen LogP contribution in [-0.2, 0) is 16.1 Å². The monoisotopic (exact) mass is 508 g/mol. The Morgan fingerprint density at radius 3 is 2.69 bits per heavy atom. The first-order valence-electron chi connectivity index (χ1n) is 9.69. The third-order valence-electron chi connectivity index (χ3n) is 4.75. The largest absolute Gasteiger partial charge is 0.368 e. The van der Waals surface area contributed by atoms with E-state index < -0.39 is 0 Å². The molecule has 2 unspecified atom stereocenters. The molecule has 3 rings (SSSR count). The summed E-state index contributed by atoms with van der Waals surface area (Å²) in [6.07, 6.45) is 1.40. The van der Waals surface area contributed by atoms with Crippen LogP contribution in [0.2, 0.25) is 0 Å². The minimum Gasteiger partial charge on any atom is -0.368 e. The summed E-state index contributed by atoms with van der Waals surface area (Å²) in [6, 6.07) is 18.2. The number of hydrogen-bond acceptors (Lipinski definition) is 3. The summed E-state index contributed by atoms with van der Waals surface area (Å²) in [5.41, 5.74) is 3.03. The van der Waals surface area contributed by atoms with Gasteiger partial charge in [-0.1, -0.05) is 42.5 Å². The summed E-state index contributed by atoms with van der Waals surface area (Å²) in [6.45, 7) is 3.36. The fourth-order valence-electron chi connectivity index (χ4n) is 3.18. The quantitative estimate of drug-likeness (QED) is 0.315. The number of amides is 1. The van der Waals surface area contributed by atoms with Crippen LogP contribution in [0.25, 0.3) is 0 Å². The Bertz CT molecular complexity index is 807. The Labute approximate surface area is 189 Å². The van der Waals surface area contributed by atoms with Crippen LogP contribution in [-0.4, -0.2) is 31.6 Å². The number of carbonyl (C=O) groups excluding carboxylic acids is 1. The summed E-state index contributed by atoms with van der Waals surface area (Å²) in [5, 5.41) is 9.66. The highest BCUT2D eigenvalue weighted by Crippen LogP contribution is 2.16. The Morgan fingerprint density at radius 2 is 2.00 bits per heavy atom. The number of benzene rings is 2. The van der Waals surface area contributed by atoms with Gasteiger partial charge in [-0.2, -0.15) is 0 Å². The van der Waals surface area contributed by atoms with Crippen molar-refractivity contribution in [2.75, 3.05) is 19.0 Å². The number of ether oxygens (including phenoxy) is 1. The highest BCUT2D eigenvalue weighted by Gasteiger charge is 2.23. The van der Waals surface area contributed by atoms with Gasteiger partial charge >= 0.3 is 0 Å². The zero-order valence-corrected chi connectivity index (χ0v) is 19.2. The van der Waals surface area contributed by atoms with Crippen LogP contribution in [0.5, 0.6) is 0 Å². The molecule has 7 heteroatoms. The van der Waals surface area contributed by atoms with Crippen molar-refractivity contribution < 1.29 is 9.53 Å². The van der Waals surface area contributed by atoms with Gasteiger partial charge in [0.15, 0.2) is 5.96 Å². The standard InChI is InChI=1S/C22H28N4O2.HI/c1-16(18-9-4-3-5-10-18)25-22(23-2)24-15-17-8-6-11-19(14-17)26-21(27)20-12-7-13-28-20;/h3-6,8-11,14,16,20H,7,12-13,15H2,1-2H3,(H,26,27)(H2,23,24,25);1H. The third kappa shape index (κ3) is 7.01. The Kier molecular flexibility index (Phi) is 9.40. The van der Waals surface area contributed by atoms with Gasteiger partial charge in [0.05, 0.1) is 6.04 Å². The first-order chi connectivity index (χ1) is 13.7. The van der Waals surface area contributed by atoms with Crippen molar-refractivity contribution in [3.8, 4) is 0 Å². The normalized spacial score (nSPS) is 17.2. The van der Waals surface area contributed by atoms with E-state index >= 15 is 0 Å². The van der Waals surface area contributed by atoms with Gasteiger partial charge < -0.3 is 20.7 Å². The van der Waals surface area contributed by atoms with Gasteiger partial charge in [-0.05, 0) is 43.0 Å². The molecule has 1 aliphatic rings. The second-order valence-corrected chi connectivity index (χ2v) is 6.89. The summed E-state index contributed by atoms with van der Waals surface area (Å²) in [5.74, 6) is 0.655. The molecule has 2 aromatic rings. The van der Waals surface area contributed by atoms with Gasteiger partial charge in [0.2, 0.25) is 0 Å². The molecule has 2 atom stereocenters. The average Bonchev–Trinajstić information content (AvgIpc) is 3.27. The van der Waals surface area contributed by atoms with E-state index in [0.717, 1.165) is 30.1 Å². The molecule has 1 heterocycles. The summed E-state index contributed by atoms with van der Waals surface area (Å²) in [4.78, 5) is 16.5. The van der Waals surface area contributed by atoms with E-state index in [4.69, 9.17) is 4.74 Å². The van der Waals surface area contributed by atoms with E-state index in [1.165, 1.54) is 5.56 Å². The highest BCUT2D eigenvalue weighted by atomic mass is 127. The second kappa shape index (κ2) is 11.8. The molecule has 0 radical (unpaired) electrons. The van der Waals surface area contributed by atoms with Crippen molar-refractivity contribution in [1.82, 2.24) is 10.6 Å².